The highest BCUT2D eigenvalue weighted by molar-refractivity contribution is 5.04. The van der Waals surface area contributed by atoms with Crippen LogP contribution < -0.4 is 0 Å². The Kier molecular flexibility index (Phi) is 5.90. The van der Waals surface area contributed by atoms with Crippen molar-refractivity contribution in [3.05, 3.63) is 12.3 Å². The van der Waals surface area contributed by atoms with Gasteiger partial charge in [-0.3, -0.25) is 0 Å². The molecule has 86 valence electrons. The second-order valence-electron chi connectivity index (χ2n) is 4.03. The van der Waals surface area contributed by atoms with E-state index in [9.17, 15) is 5.11 Å². The molecule has 0 aromatic carbocycles. The van der Waals surface area contributed by atoms with Crippen LogP contribution in [0.4, 0.5) is 0 Å². The molecule has 0 saturated carbocycles. The Morgan fingerprint density at radius 3 is 2.40 bits per heavy atom. The Bertz CT molecular complexity index is 258. The standard InChI is InChI=1S/C12H22N2O/c1-2-3-4-5-6-7-8-11-14-12(15)9-10-13-14/h9-10,15H,2-8,11H2,1H3. The first-order valence-corrected chi connectivity index (χ1v) is 6.05. The second-order valence-corrected chi connectivity index (χ2v) is 4.03. The van der Waals surface area contributed by atoms with Gasteiger partial charge in [0.2, 0.25) is 5.88 Å². The molecule has 0 atom stereocenters. The number of aromatic nitrogens is 2. The summed E-state index contributed by atoms with van der Waals surface area (Å²) >= 11 is 0. The molecule has 3 nitrogen and oxygen atoms in total. The van der Waals surface area contributed by atoms with Crippen molar-refractivity contribution in [2.75, 3.05) is 0 Å². The summed E-state index contributed by atoms with van der Waals surface area (Å²) in [6, 6.07) is 1.63. The van der Waals surface area contributed by atoms with Crippen LogP contribution in [0.5, 0.6) is 5.88 Å². The summed E-state index contributed by atoms with van der Waals surface area (Å²) in [7, 11) is 0. The van der Waals surface area contributed by atoms with Crippen molar-refractivity contribution in [3.8, 4) is 5.88 Å². The van der Waals surface area contributed by atoms with Crippen LogP contribution in [0.3, 0.4) is 0 Å². The molecule has 0 bridgehead atoms. The minimum Gasteiger partial charge on any atom is -0.493 e. The fraction of sp³-hybridized carbons (Fsp3) is 0.750. The lowest BCUT2D eigenvalue weighted by Crippen LogP contribution is -1.99. The van der Waals surface area contributed by atoms with E-state index in [-0.39, 0.29) is 5.88 Å². The SMILES string of the molecule is CCCCCCCCCn1nccc1O. The first kappa shape index (κ1) is 12.1. The molecule has 0 fully saturated rings. The molecule has 0 spiro atoms. The van der Waals surface area contributed by atoms with Gasteiger partial charge in [-0.2, -0.15) is 5.10 Å². The molecule has 1 rings (SSSR count). The van der Waals surface area contributed by atoms with Gasteiger partial charge in [-0.25, -0.2) is 4.68 Å². The highest BCUT2D eigenvalue weighted by Crippen LogP contribution is 2.10. The predicted octanol–water partition coefficient (Wildman–Crippen LogP) is 3.34. The quantitative estimate of drug-likeness (QED) is 0.668. The van der Waals surface area contributed by atoms with Crippen LogP contribution in [0.25, 0.3) is 0 Å². The molecule has 15 heavy (non-hydrogen) atoms. The number of aromatic hydroxyl groups is 1. The molecule has 0 amide bonds. The normalized spacial score (nSPS) is 10.7. The number of nitrogens with zero attached hydrogens (tertiary/aromatic N) is 2. The molecule has 1 aromatic heterocycles. The van der Waals surface area contributed by atoms with Crippen molar-refractivity contribution >= 4 is 0 Å². The van der Waals surface area contributed by atoms with E-state index in [4.69, 9.17) is 0 Å². The number of unbranched alkanes of at least 4 members (excludes halogenated alkanes) is 6. The maximum Gasteiger partial charge on any atom is 0.209 e. The van der Waals surface area contributed by atoms with E-state index in [1.807, 2.05) is 0 Å². The molecule has 0 aliphatic heterocycles. The summed E-state index contributed by atoms with van der Waals surface area (Å²) in [5, 5.41) is 13.4. The lowest BCUT2D eigenvalue weighted by molar-refractivity contribution is 0.390. The summed E-state index contributed by atoms with van der Waals surface area (Å²) in [4.78, 5) is 0. The molecule has 0 aliphatic carbocycles. The Hall–Kier alpha value is -0.990. The maximum atomic E-state index is 9.32. The van der Waals surface area contributed by atoms with Crippen molar-refractivity contribution in [2.24, 2.45) is 0 Å². The van der Waals surface area contributed by atoms with Gasteiger partial charge in [0.1, 0.15) is 0 Å². The van der Waals surface area contributed by atoms with Gasteiger partial charge in [0, 0.05) is 12.6 Å². The first-order chi connectivity index (χ1) is 7.34. The number of hydrogen-bond donors (Lipinski definition) is 1. The Morgan fingerprint density at radius 1 is 1.13 bits per heavy atom. The van der Waals surface area contributed by atoms with Crippen LogP contribution in [0, 0.1) is 0 Å². The van der Waals surface area contributed by atoms with Crippen LogP contribution in [-0.4, -0.2) is 14.9 Å². The molecule has 0 unspecified atom stereocenters. The second kappa shape index (κ2) is 7.32. The van der Waals surface area contributed by atoms with E-state index in [0.717, 1.165) is 13.0 Å². The third-order valence-electron chi connectivity index (χ3n) is 2.67. The fourth-order valence-corrected chi connectivity index (χ4v) is 1.72. The summed E-state index contributed by atoms with van der Waals surface area (Å²) in [6.45, 7) is 3.08. The fourth-order valence-electron chi connectivity index (χ4n) is 1.72. The van der Waals surface area contributed by atoms with E-state index < -0.39 is 0 Å². The molecule has 1 N–H and O–H groups in total. The van der Waals surface area contributed by atoms with E-state index in [0.29, 0.717) is 0 Å². The van der Waals surface area contributed by atoms with Crippen LogP contribution in [0.1, 0.15) is 51.9 Å². The molecule has 3 heteroatoms. The topological polar surface area (TPSA) is 38.0 Å². The third-order valence-corrected chi connectivity index (χ3v) is 2.67. The highest BCUT2D eigenvalue weighted by atomic mass is 16.3. The summed E-state index contributed by atoms with van der Waals surface area (Å²) in [5.41, 5.74) is 0. The Morgan fingerprint density at radius 2 is 1.80 bits per heavy atom. The summed E-state index contributed by atoms with van der Waals surface area (Å²) in [6.07, 6.45) is 10.7. The Balaban J connectivity index is 1.96. The largest absolute Gasteiger partial charge is 0.493 e. The van der Waals surface area contributed by atoms with Crippen molar-refractivity contribution in [2.45, 2.75) is 58.4 Å². The van der Waals surface area contributed by atoms with Gasteiger partial charge < -0.3 is 5.11 Å². The van der Waals surface area contributed by atoms with Crippen molar-refractivity contribution in [1.29, 1.82) is 0 Å². The Labute approximate surface area is 92.1 Å². The number of hydrogen-bond acceptors (Lipinski definition) is 2. The summed E-state index contributed by atoms with van der Waals surface area (Å²) < 4.78 is 1.66. The zero-order chi connectivity index (χ0) is 10.9. The third kappa shape index (κ3) is 4.86. The maximum absolute atomic E-state index is 9.32. The smallest absolute Gasteiger partial charge is 0.209 e. The minimum atomic E-state index is 0.279. The first-order valence-electron chi connectivity index (χ1n) is 6.05. The van der Waals surface area contributed by atoms with Crippen molar-refractivity contribution in [3.63, 3.8) is 0 Å². The average Bonchev–Trinajstić information content (AvgIpc) is 2.63. The summed E-state index contributed by atoms with van der Waals surface area (Å²) in [5.74, 6) is 0.279. The van der Waals surface area contributed by atoms with Gasteiger partial charge >= 0.3 is 0 Å². The molecular formula is C12H22N2O. The zero-order valence-corrected chi connectivity index (χ0v) is 9.65. The van der Waals surface area contributed by atoms with Gasteiger partial charge in [0.15, 0.2) is 0 Å². The molecule has 0 saturated heterocycles. The minimum absolute atomic E-state index is 0.279. The molecular weight excluding hydrogens is 188 g/mol. The van der Waals surface area contributed by atoms with E-state index in [1.165, 1.54) is 38.5 Å². The van der Waals surface area contributed by atoms with Gasteiger partial charge in [0.25, 0.3) is 0 Å². The molecule has 0 radical (unpaired) electrons. The van der Waals surface area contributed by atoms with Crippen LogP contribution in [-0.2, 0) is 6.54 Å². The van der Waals surface area contributed by atoms with Gasteiger partial charge in [-0.05, 0) is 6.42 Å². The van der Waals surface area contributed by atoms with Crippen LogP contribution >= 0.6 is 0 Å². The van der Waals surface area contributed by atoms with Gasteiger partial charge in [-0.1, -0.05) is 45.4 Å². The lowest BCUT2D eigenvalue weighted by atomic mass is 10.1. The highest BCUT2D eigenvalue weighted by Gasteiger charge is 1.98. The zero-order valence-electron chi connectivity index (χ0n) is 9.65. The van der Waals surface area contributed by atoms with Crippen LogP contribution in [0.2, 0.25) is 0 Å². The molecule has 0 aliphatic rings. The van der Waals surface area contributed by atoms with Crippen molar-refractivity contribution in [1.82, 2.24) is 9.78 Å². The predicted molar refractivity (Wildman–Crippen MR) is 61.9 cm³/mol. The van der Waals surface area contributed by atoms with Crippen molar-refractivity contribution < 1.29 is 5.11 Å². The van der Waals surface area contributed by atoms with Gasteiger partial charge in [-0.15, -0.1) is 0 Å². The monoisotopic (exact) mass is 210 g/mol. The lowest BCUT2D eigenvalue weighted by Gasteiger charge is -2.03. The van der Waals surface area contributed by atoms with Crippen LogP contribution in [0.15, 0.2) is 12.3 Å². The van der Waals surface area contributed by atoms with Gasteiger partial charge in [0.05, 0.1) is 6.20 Å². The van der Waals surface area contributed by atoms with E-state index in [1.54, 1.807) is 16.9 Å². The molecule has 1 aromatic rings. The van der Waals surface area contributed by atoms with E-state index in [2.05, 4.69) is 12.0 Å². The van der Waals surface area contributed by atoms with E-state index >= 15 is 0 Å². The molecule has 1 heterocycles. The number of aryl methyl sites for hydroxylation is 1. The number of rotatable bonds is 8. The average molecular weight is 210 g/mol.